The Labute approximate surface area is 124 Å². The highest BCUT2D eigenvalue weighted by atomic mass is 16.3. The van der Waals surface area contributed by atoms with Crippen LogP contribution in [-0.4, -0.2) is 34.2 Å². The first-order valence-corrected chi connectivity index (χ1v) is 7.57. The summed E-state index contributed by atoms with van der Waals surface area (Å²) < 4.78 is 0. The average molecular weight is 286 g/mol. The normalized spacial score (nSPS) is 19.5. The van der Waals surface area contributed by atoms with Gasteiger partial charge in [-0.15, -0.1) is 0 Å². The summed E-state index contributed by atoms with van der Waals surface area (Å²) in [5.41, 5.74) is 4.06. The van der Waals surface area contributed by atoms with Crippen LogP contribution in [0.25, 0.3) is 10.9 Å². The van der Waals surface area contributed by atoms with Crippen molar-refractivity contribution in [3.05, 3.63) is 45.2 Å². The number of H-pyrrole nitrogens is 1. The smallest absolute Gasteiger partial charge is 0.189 e. The van der Waals surface area contributed by atoms with E-state index in [1.807, 2.05) is 26.0 Å². The molecule has 0 spiro atoms. The molecule has 4 nitrogen and oxygen atoms in total. The van der Waals surface area contributed by atoms with Gasteiger partial charge in [0.2, 0.25) is 0 Å². The third-order valence-corrected chi connectivity index (χ3v) is 4.54. The summed E-state index contributed by atoms with van der Waals surface area (Å²) in [6, 6.07) is 5.97. The second kappa shape index (κ2) is 5.62. The fourth-order valence-corrected chi connectivity index (χ4v) is 3.33. The lowest BCUT2D eigenvalue weighted by Crippen LogP contribution is -2.32. The van der Waals surface area contributed by atoms with Crippen LogP contribution in [-0.2, 0) is 6.54 Å². The van der Waals surface area contributed by atoms with Crippen molar-refractivity contribution in [2.75, 3.05) is 13.2 Å². The van der Waals surface area contributed by atoms with Gasteiger partial charge in [-0.1, -0.05) is 12.1 Å². The first-order chi connectivity index (χ1) is 10.1. The fourth-order valence-electron chi connectivity index (χ4n) is 3.33. The second-order valence-corrected chi connectivity index (χ2v) is 6.06. The van der Waals surface area contributed by atoms with Gasteiger partial charge in [-0.2, -0.15) is 0 Å². The number of benzene rings is 1. The minimum absolute atomic E-state index is 0.0831. The molecule has 1 aromatic heterocycles. The molecule has 0 unspecified atom stereocenters. The van der Waals surface area contributed by atoms with Crippen LogP contribution in [0.2, 0.25) is 0 Å². The molecule has 21 heavy (non-hydrogen) atoms. The number of hydrogen-bond acceptors (Lipinski definition) is 3. The van der Waals surface area contributed by atoms with E-state index in [0.717, 1.165) is 47.1 Å². The average Bonchev–Trinajstić information content (AvgIpc) is 2.90. The van der Waals surface area contributed by atoms with Crippen LogP contribution in [0.5, 0.6) is 0 Å². The van der Waals surface area contributed by atoms with Crippen molar-refractivity contribution in [3.63, 3.8) is 0 Å². The topological polar surface area (TPSA) is 56.3 Å². The Bertz CT molecular complexity index is 721. The van der Waals surface area contributed by atoms with E-state index in [9.17, 15) is 9.90 Å². The molecule has 3 rings (SSSR count). The molecule has 2 heterocycles. The van der Waals surface area contributed by atoms with Crippen molar-refractivity contribution in [1.82, 2.24) is 9.88 Å². The number of hydrogen-bond donors (Lipinski definition) is 2. The summed E-state index contributed by atoms with van der Waals surface area (Å²) in [6.45, 7) is 5.87. The van der Waals surface area contributed by atoms with Gasteiger partial charge in [-0.25, -0.2) is 0 Å². The van der Waals surface area contributed by atoms with Crippen LogP contribution in [0.15, 0.2) is 23.0 Å². The van der Waals surface area contributed by atoms with E-state index in [4.69, 9.17) is 0 Å². The molecule has 1 fully saturated rings. The van der Waals surface area contributed by atoms with Crippen molar-refractivity contribution >= 4 is 10.9 Å². The van der Waals surface area contributed by atoms with Gasteiger partial charge in [0, 0.05) is 29.7 Å². The maximum absolute atomic E-state index is 12.4. The molecule has 0 bridgehead atoms. The molecule has 1 saturated heterocycles. The minimum atomic E-state index is 0.0831. The molecule has 0 amide bonds. The van der Waals surface area contributed by atoms with Crippen molar-refractivity contribution in [1.29, 1.82) is 0 Å². The number of aryl methyl sites for hydroxylation is 2. The van der Waals surface area contributed by atoms with Crippen LogP contribution in [0.1, 0.15) is 29.7 Å². The van der Waals surface area contributed by atoms with Crippen LogP contribution < -0.4 is 5.43 Å². The van der Waals surface area contributed by atoms with E-state index in [1.165, 1.54) is 0 Å². The summed E-state index contributed by atoms with van der Waals surface area (Å²) >= 11 is 0. The molecule has 2 aromatic rings. The van der Waals surface area contributed by atoms with Crippen molar-refractivity contribution < 1.29 is 5.11 Å². The zero-order valence-electron chi connectivity index (χ0n) is 12.6. The van der Waals surface area contributed by atoms with E-state index < -0.39 is 0 Å². The van der Waals surface area contributed by atoms with Crippen LogP contribution in [0, 0.1) is 13.8 Å². The van der Waals surface area contributed by atoms with Gasteiger partial charge in [0.1, 0.15) is 0 Å². The third-order valence-electron chi connectivity index (χ3n) is 4.54. The summed E-state index contributed by atoms with van der Waals surface area (Å²) in [5, 5.41) is 10.2. The predicted molar refractivity (Wildman–Crippen MR) is 84.6 cm³/mol. The van der Waals surface area contributed by atoms with Gasteiger partial charge in [0.15, 0.2) is 5.43 Å². The second-order valence-electron chi connectivity index (χ2n) is 6.06. The predicted octanol–water partition coefficient (Wildman–Crippen LogP) is 2.10. The SMILES string of the molecule is Cc1ccc(C)c2c(=O)cc(CN3CCC[C@H]3CO)[nH]c12. The number of aliphatic hydroxyl groups is 1. The van der Waals surface area contributed by atoms with Gasteiger partial charge < -0.3 is 10.1 Å². The molecule has 0 aliphatic carbocycles. The van der Waals surface area contributed by atoms with Crippen LogP contribution in [0.4, 0.5) is 0 Å². The van der Waals surface area contributed by atoms with Crippen LogP contribution >= 0.6 is 0 Å². The molecule has 1 aliphatic rings. The molecule has 1 atom stereocenters. The van der Waals surface area contributed by atoms with Crippen molar-refractivity contribution in [2.24, 2.45) is 0 Å². The zero-order chi connectivity index (χ0) is 15.0. The highest BCUT2D eigenvalue weighted by Crippen LogP contribution is 2.21. The van der Waals surface area contributed by atoms with Crippen molar-refractivity contribution in [3.8, 4) is 0 Å². The minimum Gasteiger partial charge on any atom is -0.395 e. The Hall–Kier alpha value is -1.65. The van der Waals surface area contributed by atoms with E-state index in [-0.39, 0.29) is 18.1 Å². The molecular weight excluding hydrogens is 264 g/mol. The Balaban J connectivity index is 2.01. The van der Waals surface area contributed by atoms with Gasteiger partial charge in [-0.3, -0.25) is 9.69 Å². The molecule has 4 heteroatoms. The molecule has 1 aliphatic heterocycles. The number of pyridine rings is 1. The standard InChI is InChI=1S/C17H22N2O2/c1-11-5-6-12(2)17-16(11)15(21)8-13(18-17)9-19-7-3-4-14(19)10-20/h5-6,8,14,20H,3-4,7,9-10H2,1-2H3,(H,18,21)/t14-/m0/s1. The maximum Gasteiger partial charge on any atom is 0.189 e. The highest BCUT2D eigenvalue weighted by molar-refractivity contribution is 5.84. The van der Waals surface area contributed by atoms with Gasteiger partial charge >= 0.3 is 0 Å². The van der Waals surface area contributed by atoms with E-state index in [2.05, 4.69) is 9.88 Å². The van der Waals surface area contributed by atoms with Gasteiger partial charge in [-0.05, 0) is 44.4 Å². The number of aliphatic hydroxyl groups excluding tert-OH is 1. The van der Waals surface area contributed by atoms with Crippen molar-refractivity contribution in [2.45, 2.75) is 39.3 Å². The molecule has 2 N–H and O–H groups in total. The van der Waals surface area contributed by atoms with Gasteiger partial charge in [0.25, 0.3) is 0 Å². The summed E-state index contributed by atoms with van der Waals surface area (Å²) in [7, 11) is 0. The Morgan fingerprint density at radius 2 is 2.10 bits per heavy atom. The number of rotatable bonds is 3. The monoisotopic (exact) mass is 286 g/mol. The molecule has 112 valence electrons. The highest BCUT2D eigenvalue weighted by Gasteiger charge is 2.24. The summed E-state index contributed by atoms with van der Waals surface area (Å²) in [4.78, 5) is 18.1. The number of fused-ring (bicyclic) bond motifs is 1. The lowest BCUT2D eigenvalue weighted by atomic mass is 10.0. The Kier molecular flexibility index (Phi) is 3.83. The molecule has 1 aromatic carbocycles. The van der Waals surface area contributed by atoms with E-state index >= 15 is 0 Å². The zero-order valence-corrected chi connectivity index (χ0v) is 12.6. The van der Waals surface area contributed by atoms with Crippen LogP contribution in [0.3, 0.4) is 0 Å². The number of likely N-dealkylation sites (tertiary alicyclic amines) is 1. The number of aromatic nitrogens is 1. The third kappa shape index (κ3) is 2.61. The lowest BCUT2D eigenvalue weighted by molar-refractivity contribution is 0.152. The summed E-state index contributed by atoms with van der Waals surface area (Å²) in [5.74, 6) is 0. The summed E-state index contributed by atoms with van der Waals surface area (Å²) in [6.07, 6.45) is 2.15. The Morgan fingerprint density at radius 1 is 1.33 bits per heavy atom. The van der Waals surface area contributed by atoms with Gasteiger partial charge in [0.05, 0.1) is 12.1 Å². The molecule has 0 radical (unpaired) electrons. The first-order valence-electron chi connectivity index (χ1n) is 7.57. The Morgan fingerprint density at radius 3 is 2.86 bits per heavy atom. The lowest BCUT2D eigenvalue weighted by Gasteiger charge is -2.22. The van der Waals surface area contributed by atoms with E-state index in [1.54, 1.807) is 6.07 Å². The quantitative estimate of drug-likeness (QED) is 0.908. The fraction of sp³-hybridized carbons (Fsp3) is 0.471. The number of nitrogens with one attached hydrogen (secondary N) is 1. The number of aromatic amines is 1. The number of nitrogens with zero attached hydrogens (tertiary/aromatic N) is 1. The molecule has 0 saturated carbocycles. The molecular formula is C17H22N2O2. The largest absolute Gasteiger partial charge is 0.395 e. The maximum atomic E-state index is 12.4. The first kappa shape index (κ1) is 14.3. The van der Waals surface area contributed by atoms with E-state index in [0.29, 0.717) is 6.54 Å².